The molecule has 0 heterocycles. The molecule has 0 amide bonds. The third-order valence-electron chi connectivity index (χ3n) is 3.14. The van der Waals surface area contributed by atoms with Crippen LogP contribution in [0.1, 0.15) is 22.8 Å². The van der Waals surface area contributed by atoms with E-state index in [1.54, 1.807) is 14.2 Å². The van der Waals surface area contributed by atoms with Crippen LogP contribution in [0.2, 0.25) is 0 Å². The van der Waals surface area contributed by atoms with Crippen molar-refractivity contribution < 1.29 is 14.6 Å². The first-order valence-electron chi connectivity index (χ1n) is 6.12. The molecule has 0 aliphatic rings. The van der Waals surface area contributed by atoms with Crippen molar-refractivity contribution in [1.29, 1.82) is 0 Å². The first kappa shape index (κ1) is 13.4. The molecule has 1 N–H and O–H groups in total. The first-order valence-corrected chi connectivity index (χ1v) is 6.12. The maximum absolute atomic E-state index is 10.4. The van der Waals surface area contributed by atoms with Gasteiger partial charge in [0.05, 0.1) is 14.2 Å². The SMILES string of the molecule is COc1cccc(C(O)c2ccc(OC)c(C)c2)c1. The summed E-state index contributed by atoms with van der Waals surface area (Å²) in [5, 5.41) is 10.4. The van der Waals surface area contributed by atoms with Gasteiger partial charge < -0.3 is 14.6 Å². The summed E-state index contributed by atoms with van der Waals surface area (Å²) >= 11 is 0. The number of aliphatic hydroxyl groups excluding tert-OH is 1. The van der Waals surface area contributed by atoms with E-state index in [4.69, 9.17) is 9.47 Å². The Labute approximate surface area is 113 Å². The molecule has 2 aromatic carbocycles. The molecule has 0 saturated carbocycles. The Kier molecular flexibility index (Phi) is 4.07. The minimum absolute atomic E-state index is 0.667. The topological polar surface area (TPSA) is 38.7 Å². The van der Waals surface area contributed by atoms with E-state index in [9.17, 15) is 5.11 Å². The highest BCUT2D eigenvalue weighted by molar-refractivity contribution is 5.41. The van der Waals surface area contributed by atoms with Crippen molar-refractivity contribution in [3.63, 3.8) is 0 Å². The molecule has 0 aliphatic heterocycles. The van der Waals surface area contributed by atoms with Gasteiger partial charge in [0, 0.05) is 0 Å². The van der Waals surface area contributed by atoms with Crippen LogP contribution in [0.4, 0.5) is 0 Å². The summed E-state index contributed by atoms with van der Waals surface area (Å²) in [7, 11) is 3.25. The molecule has 0 bridgehead atoms. The Hall–Kier alpha value is -2.00. The van der Waals surface area contributed by atoms with Crippen molar-refractivity contribution in [3.8, 4) is 11.5 Å². The van der Waals surface area contributed by atoms with E-state index in [0.29, 0.717) is 0 Å². The summed E-state index contributed by atoms with van der Waals surface area (Å²) in [4.78, 5) is 0. The van der Waals surface area contributed by atoms with E-state index in [1.165, 1.54) is 0 Å². The Morgan fingerprint density at radius 1 is 0.947 bits per heavy atom. The summed E-state index contributed by atoms with van der Waals surface area (Å²) in [5.74, 6) is 1.56. The molecule has 0 aromatic heterocycles. The normalized spacial score (nSPS) is 12.0. The smallest absolute Gasteiger partial charge is 0.121 e. The lowest BCUT2D eigenvalue weighted by molar-refractivity contribution is 0.219. The fourth-order valence-corrected chi connectivity index (χ4v) is 2.08. The molecule has 0 aliphatic carbocycles. The molecule has 0 fully saturated rings. The van der Waals surface area contributed by atoms with E-state index in [2.05, 4.69) is 0 Å². The number of hydrogen-bond acceptors (Lipinski definition) is 3. The van der Waals surface area contributed by atoms with Gasteiger partial charge in [-0.2, -0.15) is 0 Å². The second kappa shape index (κ2) is 5.76. The molecule has 100 valence electrons. The Morgan fingerprint density at radius 2 is 1.68 bits per heavy atom. The van der Waals surface area contributed by atoms with Gasteiger partial charge in [-0.25, -0.2) is 0 Å². The van der Waals surface area contributed by atoms with Crippen molar-refractivity contribution >= 4 is 0 Å². The molecule has 2 rings (SSSR count). The van der Waals surface area contributed by atoms with Crippen molar-refractivity contribution in [2.45, 2.75) is 13.0 Å². The van der Waals surface area contributed by atoms with E-state index in [-0.39, 0.29) is 0 Å². The van der Waals surface area contributed by atoms with Gasteiger partial charge in [0.1, 0.15) is 17.6 Å². The highest BCUT2D eigenvalue weighted by atomic mass is 16.5. The quantitative estimate of drug-likeness (QED) is 0.915. The van der Waals surface area contributed by atoms with E-state index < -0.39 is 6.10 Å². The fraction of sp³-hybridized carbons (Fsp3) is 0.250. The van der Waals surface area contributed by atoms with Gasteiger partial charge in [-0.15, -0.1) is 0 Å². The maximum atomic E-state index is 10.4. The van der Waals surface area contributed by atoms with Crippen LogP contribution in [-0.2, 0) is 0 Å². The molecule has 3 heteroatoms. The summed E-state index contributed by atoms with van der Waals surface area (Å²) < 4.78 is 10.4. The molecular weight excluding hydrogens is 240 g/mol. The van der Waals surface area contributed by atoms with Crippen LogP contribution in [0.15, 0.2) is 42.5 Å². The molecular formula is C16H18O3. The average molecular weight is 258 g/mol. The number of aryl methyl sites for hydroxylation is 1. The zero-order chi connectivity index (χ0) is 13.8. The molecule has 1 unspecified atom stereocenters. The first-order chi connectivity index (χ1) is 9.15. The number of aliphatic hydroxyl groups is 1. The van der Waals surface area contributed by atoms with Gasteiger partial charge in [-0.3, -0.25) is 0 Å². The lowest BCUT2D eigenvalue weighted by Crippen LogP contribution is -2.01. The second-order valence-corrected chi connectivity index (χ2v) is 4.41. The predicted molar refractivity (Wildman–Crippen MR) is 74.8 cm³/mol. The van der Waals surface area contributed by atoms with Crippen LogP contribution >= 0.6 is 0 Å². The number of rotatable bonds is 4. The number of hydrogen-bond donors (Lipinski definition) is 1. The average Bonchev–Trinajstić information content (AvgIpc) is 2.46. The highest BCUT2D eigenvalue weighted by Gasteiger charge is 2.12. The van der Waals surface area contributed by atoms with Crippen molar-refractivity contribution in [1.82, 2.24) is 0 Å². The van der Waals surface area contributed by atoms with E-state index in [0.717, 1.165) is 28.2 Å². The van der Waals surface area contributed by atoms with Gasteiger partial charge in [-0.05, 0) is 47.9 Å². The van der Waals surface area contributed by atoms with Gasteiger partial charge in [-0.1, -0.05) is 18.2 Å². The Morgan fingerprint density at radius 3 is 2.32 bits per heavy atom. The highest BCUT2D eigenvalue weighted by Crippen LogP contribution is 2.28. The fourth-order valence-electron chi connectivity index (χ4n) is 2.08. The van der Waals surface area contributed by atoms with Crippen molar-refractivity contribution in [2.75, 3.05) is 14.2 Å². The molecule has 3 nitrogen and oxygen atoms in total. The van der Waals surface area contributed by atoms with Gasteiger partial charge in [0.2, 0.25) is 0 Å². The molecule has 0 saturated heterocycles. The lowest BCUT2D eigenvalue weighted by Gasteiger charge is -2.14. The maximum Gasteiger partial charge on any atom is 0.121 e. The number of ether oxygens (including phenoxy) is 2. The molecule has 0 spiro atoms. The largest absolute Gasteiger partial charge is 0.497 e. The minimum Gasteiger partial charge on any atom is -0.497 e. The minimum atomic E-state index is -0.667. The van der Waals surface area contributed by atoms with Crippen LogP contribution in [-0.4, -0.2) is 19.3 Å². The van der Waals surface area contributed by atoms with Gasteiger partial charge in [0.25, 0.3) is 0 Å². The number of methoxy groups -OCH3 is 2. The third kappa shape index (κ3) is 2.88. The molecule has 19 heavy (non-hydrogen) atoms. The summed E-state index contributed by atoms with van der Waals surface area (Å²) in [6.45, 7) is 1.96. The van der Waals surface area contributed by atoms with Crippen LogP contribution in [0.3, 0.4) is 0 Å². The lowest BCUT2D eigenvalue weighted by atomic mass is 9.99. The van der Waals surface area contributed by atoms with Crippen LogP contribution in [0.25, 0.3) is 0 Å². The van der Waals surface area contributed by atoms with Crippen LogP contribution in [0.5, 0.6) is 11.5 Å². The summed E-state index contributed by atoms with van der Waals surface area (Å²) in [6.07, 6.45) is -0.667. The van der Waals surface area contributed by atoms with E-state index in [1.807, 2.05) is 49.4 Å². The zero-order valence-electron chi connectivity index (χ0n) is 11.4. The molecule has 0 radical (unpaired) electrons. The van der Waals surface area contributed by atoms with Crippen molar-refractivity contribution in [2.24, 2.45) is 0 Å². The van der Waals surface area contributed by atoms with Crippen LogP contribution in [0, 0.1) is 6.92 Å². The van der Waals surface area contributed by atoms with Gasteiger partial charge in [0.15, 0.2) is 0 Å². The number of benzene rings is 2. The standard InChI is InChI=1S/C16H18O3/c1-11-9-13(7-8-15(11)19-3)16(17)12-5-4-6-14(10-12)18-2/h4-10,16-17H,1-3H3. The summed E-state index contributed by atoms with van der Waals surface area (Å²) in [5.41, 5.74) is 2.65. The van der Waals surface area contributed by atoms with E-state index >= 15 is 0 Å². The predicted octanol–water partition coefficient (Wildman–Crippen LogP) is 3.09. The zero-order valence-corrected chi connectivity index (χ0v) is 11.4. The Balaban J connectivity index is 2.32. The molecule has 2 aromatic rings. The summed E-state index contributed by atoms with van der Waals surface area (Å²) in [6, 6.07) is 13.1. The third-order valence-corrected chi connectivity index (χ3v) is 3.14. The second-order valence-electron chi connectivity index (χ2n) is 4.41. The Bertz CT molecular complexity index is 564. The van der Waals surface area contributed by atoms with Gasteiger partial charge >= 0.3 is 0 Å². The monoisotopic (exact) mass is 258 g/mol. The van der Waals surface area contributed by atoms with Crippen LogP contribution < -0.4 is 9.47 Å². The molecule has 1 atom stereocenters. The van der Waals surface area contributed by atoms with Crippen molar-refractivity contribution in [3.05, 3.63) is 59.2 Å².